The van der Waals surface area contributed by atoms with Crippen LogP contribution in [0.4, 0.5) is 13.6 Å². The lowest BCUT2D eigenvalue weighted by Crippen LogP contribution is -2.27. The quantitative estimate of drug-likeness (QED) is 0.333. The molecular weight excluding hydrogens is 442 g/mol. The molecule has 4 aromatic rings. The first-order chi connectivity index (χ1) is 16.0. The molecule has 1 aliphatic rings. The van der Waals surface area contributed by atoms with Crippen LogP contribution < -0.4 is 0 Å². The summed E-state index contributed by atoms with van der Waals surface area (Å²) in [6.45, 7) is 0.634. The van der Waals surface area contributed by atoms with E-state index in [1.54, 1.807) is 30.3 Å². The zero-order chi connectivity index (χ0) is 22.9. The van der Waals surface area contributed by atoms with Crippen LogP contribution in [0.3, 0.4) is 0 Å². The molecule has 3 aromatic carbocycles. The van der Waals surface area contributed by atoms with Gasteiger partial charge >= 0.3 is 0 Å². The summed E-state index contributed by atoms with van der Waals surface area (Å²) in [5.74, 6) is -1.03. The number of rotatable bonds is 5. The number of thioether (sulfide) groups is 1. The van der Waals surface area contributed by atoms with Crippen molar-refractivity contribution in [3.8, 4) is 0 Å². The molecule has 33 heavy (non-hydrogen) atoms. The second kappa shape index (κ2) is 8.67. The number of nitrogens with zero attached hydrogens (tertiary/aromatic N) is 2. The summed E-state index contributed by atoms with van der Waals surface area (Å²) in [5, 5.41) is 0.593. The van der Waals surface area contributed by atoms with Crippen LogP contribution >= 0.6 is 11.8 Å². The highest BCUT2D eigenvalue weighted by Gasteiger charge is 2.35. The number of aromatic nitrogens is 1. The average molecular weight is 461 g/mol. The van der Waals surface area contributed by atoms with Gasteiger partial charge in [-0.1, -0.05) is 42.5 Å². The van der Waals surface area contributed by atoms with Crippen LogP contribution in [0.5, 0.6) is 0 Å². The van der Waals surface area contributed by atoms with E-state index >= 15 is 0 Å². The van der Waals surface area contributed by atoms with Gasteiger partial charge in [0.2, 0.25) is 0 Å². The number of hydrogen-bond acceptors (Lipinski definition) is 3. The molecule has 1 aromatic heterocycles. The highest BCUT2D eigenvalue weighted by Crippen LogP contribution is 2.35. The molecule has 1 fully saturated rings. The average Bonchev–Trinajstić information content (AvgIpc) is 3.29. The predicted octanol–water partition coefficient (Wildman–Crippen LogP) is 6.20. The summed E-state index contributed by atoms with van der Waals surface area (Å²) in [6.07, 6.45) is 3.67. The van der Waals surface area contributed by atoms with E-state index in [1.807, 2.05) is 35.0 Å². The fraction of sp³-hybridized carbons (Fsp3) is 0.0769. The Morgan fingerprint density at radius 2 is 1.39 bits per heavy atom. The molecule has 4 nitrogen and oxygen atoms in total. The highest BCUT2D eigenvalue weighted by atomic mass is 32.2. The van der Waals surface area contributed by atoms with E-state index in [0.717, 1.165) is 33.8 Å². The largest absolute Gasteiger partial charge is 0.342 e. The molecule has 0 unspecified atom stereocenters. The van der Waals surface area contributed by atoms with Crippen LogP contribution in [0.25, 0.3) is 17.0 Å². The van der Waals surface area contributed by atoms with Gasteiger partial charge in [0.25, 0.3) is 11.1 Å². The van der Waals surface area contributed by atoms with E-state index in [9.17, 15) is 18.4 Å². The van der Waals surface area contributed by atoms with E-state index in [4.69, 9.17) is 0 Å². The topological polar surface area (TPSA) is 42.3 Å². The number of halogens is 2. The molecule has 0 saturated carbocycles. The Morgan fingerprint density at radius 1 is 0.788 bits per heavy atom. The van der Waals surface area contributed by atoms with E-state index in [0.29, 0.717) is 17.0 Å². The van der Waals surface area contributed by atoms with E-state index in [2.05, 4.69) is 0 Å². The van der Waals surface area contributed by atoms with Crippen molar-refractivity contribution in [2.75, 3.05) is 0 Å². The lowest BCUT2D eigenvalue weighted by atomic mass is 10.1. The molecule has 2 amide bonds. The van der Waals surface area contributed by atoms with Crippen LogP contribution in [0, 0.1) is 11.6 Å². The molecule has 1 aliphatic heterocycles. The number of carbonyl (C=O) groups excluding carboxylic acids is 2. The summed E-state index contributed by atoms with van der Waals surface area (Å²) in [6, 6.07) is 19.9. The molecule has 164 valence electrons. The Kier molecular flexibility index (Phi) is 5.56. The Bertz CT molecular complexity index is 1390. The van der Waals surface area contributed by atoms with E-state index in [1.165, 1.54) is 29.2 Å². The summed E-state index contributed by atoms with van der Waals surface area (Å²) in [4.78, 5) is 27.0. The van der Waals surface area contributed by atoms with Crippen molar-refractivity contribution in [3.05, 3.63) is 112 Å². The molecule has 5 rings (SSSR count). The van der Waals surface area contributed by atoms with Gasteiger partial charge in [0.15, 0.2) is 0 Å². The van der Waals surface area contributed by atoms with Gasteiger partial charge in [-0.2, -0.15) is 0 Å². The minimum atomic E-state index is -0.371. The smallest absolute Gasteiger partial charge is 0.293 e. The second-order valence-corrected chi connectivity index (χ2v) is 8.74. The Morgan fingerprint density at radius 3 is 2.06 bits per heavy atom. The Hall–Kier alpha value is -3.71. The van der Waals surface area contributed by atoms with Gasteiger partial charge in [0.05, 0.1) is 11.4 Å². The molecule has 0 radical (unpaired) electrons. The monoisotopic (exact) mass is 460 g/mol. The van der Waals surface area contributed by atoms with Crippen molar-refractivity contribution in [2.24, 2.45) is 0 Å². The van der Waals surface area contributed by atoms with Gasteiger partial charge in [0.1, 0.15) is 11.6 Å². The summed E-state index contributed by atoms with van der Waals surface area (Å²) in [7, 11) is 0. The molecule has 0 spiro atoms. The SMILES string of the molecule is O=C1S/C(=C\c2cn(Cc3ccc(F)cc3)c3ccccc23)C(=O)N1Cc1ccc(F)cc1. The highest BCUT2D eigenvalue weighted by molar-refractivity contribution is 8.18. The summed E-state index contributed by atoms with van der Waals surface area (Å²) in [5.41, 5.74) is 3.41. The fourth-order valence-electron chi connectivity index (χ4n) is 3.86. The third-order valence-corrected chi connectivity index (χ3v) is 6.41. The number of hydrogen-bond donors (Lipinski definition) is 0. The standard InChI is InChI=1S/C26H18F2N2O2S/c27-20-9-5-17(6-10-20)14-29-16-19(22-3-1-2-4-23(22)29)13-24-25(31)30(26(32)33-24)15-18-7-11-21(28)12-8-18/h1-13,16H,14-15H2/b24-13-. The molecular formula is C26H18F2N2O2S. The third-order valence-electron chi connectivity index (χ3n) is 5.50. The third kappa shape index (κ3) is 4.32. The number of fused-ring (bicyclic) bond motifs is 1. The van der Waals surface area contributed by atoms with Crippen molar-refractivity contribution in [1.29, 1.82) is 0 Å². The minimum absolute atomic E-state index is 0.0919. The summed E-state index contributed by atoms with van der Waals surface area (Å²) >= 11 is 0.896. The predicted molar refractivity (Wildman–Crippen MR) is 125 cm³/mol. The minimum Gasteiger partial charge on any atom is -0.342 e. The van der Waals surface area contributed by atoms with Gasteiger partial charge in [0, 0.05) is 29.2 Å². The van der Waals surface area contributed by atoms with Gasteiger partial charge in [-0.15, -0.1) is 0 Å². The van der Waals surface area contributed by atoms with Crippen LogP contribution in [-0.2, 0) is 17.9 Å². The van der Waals surface area contributed by atoms with Crippen LogP contribution in [0.1, 0.15) is 16.7 Å². The zero-order valence-corrected chi connectivity index (χ0v) is 18.2. The number of amides is 2. The molecule has 0 bridgehead atoms. The molecule has 0 atom stereocenters. The lowest BCUT2D eigenvalue weighted by Gasteiger charge is -2.12. The van der Waals surface area contributed by atoms with Gasteiger partial charge in [-0.25, -0.2) is 8.78 Å². The molecule has 2 heterocycles. The van der Waals surface area contributed by atoms with Crippen molar-refractivity contribution in [3.63, 3.8) is 0 Å². The zero-order valence-electron chi connectivity index (χ0n) is 17.4. The van der Waals surface area contributed by atoms with Gasteiger partial charge in [-0.3, -0.25) is 14.5 Å². The maximum atomic E-state index is 13.3. The number of benzene rings is 3. The lowest BCUT2D eigenvalue weighted by molar-refractivity contribution is -0.123. The van der Waals surface area contributed by atoms with Crippen molar-refractivity contribution >= 4 is 39.9 Å². The first-order valence-corrected chi connectivity index (χ1v) is 11.1. The Balaban J connectivity index is 1.45. The first-order valence-electron chi connectivity index (χ1n) is 10.3. The van der Waals surface area contributed by atoms with E-state index < -0.39 is 0 Å². The normalized spacial score (nSPS) is 15.2. The molecule has 7 heteroatoms. The maximum absolute atomic E-state index is 13.3. The van der Waals surface area contributed by atoms with Gasteiger partial charge in [-0.05, 0) is 59.3 Å². The van der Waals surface area contributed by atoms with Crippen LogP contribution in [0.2, 0.25) is 0 Å². The maximum Gasteiger partial charge on any atom is 0.293 e. The first kappa shape index (κ1) is 21.2. The van der Waals surface area contributed by atoms with Crippen molar-refractivity contribution in [2.45, 2.75) is 13.1 Å². The summed E-state index contributed by atoms with van der Waals surface area (Å²) < 4.78 is 28.5. The molecule has 0 N–H and O–H groups in total. The van der Waals surface area contributed by atoms with E-state index in [-0.39, 0.29) is 29.3 Å². The number of imide groups is 1. The van der Waals surface area contributed by atoms with Crippen molar-refractivity contribution < 1.29 is 18.4 Å². The number of carbonyl (C=O) groups is 2. The molecule has 1 saturated heterocycles. The Labute approximate surface area is 193 Å². The fourth-order valence-corrected chi connectivity index (χ4v) is 4.69. The van der Waals surface area contributed by atoms with Crippen LogP contribution in [0.15, 0.2) is 83.9 Å². The van der Waals surface area contributed by atoms with Crippen molar-refractivity contribution in [1.82, 2.24) is 9.47 Å². The van der Waals surface area contributed by atoms with Crippen LogP contribution in [-0.4, -0.2) is 20.6 Å². The second-order valence-electron chi connectivity index (χ2n) is 7.75. The van der Waals surface area contributed by atoms with Gasteiger partial charge < -0.3 is 4.57 Å². The molecule has 0 aliphatic carbocycles. The number of para-hydroxylation sites is 1.